The van der Waals surface area contributed by atoms with Crippen molar-refractivity contribution in [3.8, 4) is 0 Å². The number of hydrogen-bond acceptors (Lipinski definition) is 10. The Morgan fingerprint density at radius 2 is 1.82 bits per heavy atom. The lowest BCUT2D eigenvalue weighted by atomic mass is 9.40. The lowest BCUT2D eigenvalue weighted by Crippen LogP contribution is -2.67. The van der Waals surface area contributed by atoms with Gasteiger partial charge in [0.05, 0.1) is 25.0 Å². The summed E-state index contributed by atoms with van der Waals surface area (Å²) in [5.74, 6) is -3.64. The summed E-state index contributed by atoms with van der Waals surface area (Å²) in [6.45, 7) is 9.03. The molecule has 8 unspecified atom stereocenters. The van der Waals surface area contributed by atoms with Gasteiger partial charge in [0.25, 0.3) is 0 Å². The third-order valence-electron chi connectivity index (χ3n) is 10.3. The highest BCUT2D eigenvalue weighted by Gasteiger charge is 2.69. The number of allylic oxidation sites excluding steroid dienone is 1. The fourth-order valence-corrected chi connectivity index (χ4v) is 8.55. The van der Waals surface area contributed by atoms with Crippen LogP contribution in [-0.4, -0.2) is 60.4 Å². The van der Waals surface area contributed by atoms with E-state index in [1.807, 2.05) is 27.7 Å². The summed E-state index contributed by atoms with van der Waals surface area (Å²) in [4.78, 5) is 64.6. The van der Waals surface area contributed by atoms with Crippen LogP contribution in [0.3, 0.4) is 0 Å². The second-order valence-electron chi connectivity index (χ2n) is 12.6. The van der Waals surface area contributed by atoms with Crippen LogP contribution in [0.15, 0.2) is 22.8 Å². The third-order valence-corrected chi connectivity index (χ3v) is 10.3. The first-order valence-electron chi connectivity index (χ1n) is 13.5. The normalized spacial score (nSPS) is 40.6. The van der Waals surface area contributed by atoms with Crippen molar-refractivity contribution in [1.29, 1.82) is 0 Å². The molecule has 212 valence electrons. The van der Waals surface area contributed by atoms with Crippen LogP contribution in [0.4, 0.5) is 0 Å². The summed E-state index contributed by atoms with van der Waals surface area (Å²) in [7, 11) is 1.31. The van der Waals surface area contributed by atoms with Crippen molar-refractivity contribution in [1.82, 2.24) is 0 Å². The summed E-state index contributed by atoms with van der Waals surface area (Å²) in [5, 5.41) is 9.89. The van der Waals surface area contributed by atoms with Crippen LogP contribution in [0.2, 0.25) is 0 Å². The maximum absolute atomic E-state index is 14.2. The van der Waals surface area contributed by atoms with E-state index < -0.39 is 70.5 Å². The molecule has 0 aromatic carbocycles. The Bertz CT molecular complexity index is 1230. The summed E-state index contributed by atoms with van der Waals surface area (Å²) in [6.07, 6.45) is -0.473. The summed E-state index contributed by atoms with van der Waals surface area (Å²) in [5.41, 5.74) is -0.587. The van der Waals surface area contributed by atoms with Crippen LogP contribution in [-0.2, 0) is 42.9 Å². The summed E-state index contributed by atoms with van der Waals surface area (Å²) >= 11 is 0. The van der Waals surface area contributed by atoms with Crippen LogP contribution < -0.4 is 0 Å². The van der Waals surface area contributed by atoms with Crippen molar-refractivity contribution in [3.05, 3.63) is 22.8 Å². The van der Waals surface area contributed by atoms with Gasteiger partial charge in [0.2, 0.25) is 6.29 Å². The smallest absolute Gasteiger partial charge is 0.340 e. The van der Waals surface area contributed by atoms with Crippen molar-refractivity contribution < 1.29 is 48.0 Å². The van der Waals surface area contributed by atoms with Gasteiger partial charge in [-0.3, -0.25) is 19.2 Å². The molecule has 0 radical (unpaired) electrons. The zero-order chi connectivity index (χ0) is 28.7. The molecule has 0 aromatic rings. The number of ketones is 1. The maximum Gasteiger partial charge on any atom is 0.340 e. The van der Waals surface area contributed by atoms with Crippen molar-refractivity contribution >= 4 is 29.7 Å². The number of esters is 4. The van der Waals surface area contributed by atoms with Gasteiger partial charge >= 0.3 is 23.9 Å². The minimum atomic E-state index is -1.40. The quantitative estimate of drug-likeness (QED) is 0.319. The van der Waals surface area contributed by atoms with Gasteiger partial charge < -0.3 is 24.1 Å². The van der Waals surface area contributed by atoms with E-state index in [2.05, 4.69) is 0 Å². The van der Waals surface area contributed by atoms with E-state index in [1.54, 1.807) is 0 Å². The lowest BCUT2D eigenvalue weighted by molar-refractivity contribution is -0.197. The predicted octanol–water partition coefficient (Wildman–Crippen LogP) is 2.56. The molecule has 39 heavy (non-hydrogen) atoms. The van der Waals surface area contributed by atoms with Gasteiger partial charge in [0, 0.05) is 29.6 Å². The molecule has 5 rings (SSSR count). The summed E-state index contributed by atoms with van der Waals surface area (Å²) < 4.78 is 21.5. The van der Waals surface area contributed by atoms with Crippen LogP contribution in [0.25, 0.3) is 0 Å². The number of Topliss-reactive ketones (excluding diaryl/α,β-unsaturated/α-hetero) is 1. The largest absolute Gasteiger partial charge is 0.469 e. The molecular weight excluding hydrogens is 508 g/mol. The van der Waals surface area contributed by atoms with Gasteiger partial charge in [-0.05, 0) is 42.7 Å². The van der Waals surface area contributed by atoms with Gasteiger partial charge in [0.1, 0.15) is 18.0 Å². The fourth-order valence-electron chi connectivity index (χ4n) is 8.55. The third kappa shape index (κ3) is 3.89. The maximum atomic E-state index is 14.2. The first-order chi connectivity index (χ1) is 18.2. The average molecular weight is 545 g/mol. The predicted molar refractivity (Wildman–Crippen MR) is 133 cm³/mol. The molecule has 2 saturated carbocycles. The Balaban J connectivity index is 1.68. The number of rotatable bonds is 4. The summed E-state index contributed by atoms with van der Waals surface area (Å²) in [6, 6.07) is 0. The molecule has 0 spiro atoms. The fraction of sp³-hybridized carbons (Fsp3) is 0.690. The molecule has 5 aliphatic rings. The standard InChI is InChI=1S/C29H36O10/c1-13(30)37-24-15-9-14-17(29(5,23(15)34)19(27(24,2)3)12-20(31)36-6)7-8-28(4)18(14)11-22(33)38-25(28)16-10-21(32)39-26(16)35/h10,15,17,19,21,24-25,32H,7-9,11-12H2,1-6H3. The van der Waals surface area contributed by atoms with Gasteiger partial charge in [-0.2, -0.15) is 0 Å². The Kier molecular flexibility index (Phi) is 6.36. The van der Waals surface area contributed by atoms with Gasteiger partial charge in [-0.25, -0.2) is 4.79 Å². The molecule has 2 aliphatic heterocycles. The van der Waals surface area contributed by atoms with Crippen molar-refractivity contribution in [2.75, 3.05) is 7.11 Å². The van der Waals surface area contributed by atoms with E-state index in [0.717, 1.165) is 11.1 Å². The molecule has 2 heterocycles. The van der Waals surface area contributed by atoms with Crippen LogP contribution >= 0.6 is 0 Å². The first-order valence-corrected chi connectivity index (χ1v) is 13.5. The van der Waals surface area contributed by atoms with Crippen LogP contribution in [0, 0.1) is 34.0 Å². The topological polar surface area (TPSA) is 142 Å². The number of carbonyl (C=O) groups excluding carboxylic acids is 5. The molecular formula is C29H36O10. The number of aliphatic hydroxyl groups excluding tert-OH is 1. The molecule has 3 aliphatic carbocycles. The number of cyclic esters (lactones) is 2. The highest BCUT2D eigenvalue weighted by molar-refractivity contribution is 5.94. The SMILES string of the molecule is COC(=O)CC1C(C)(C)C(OC(C)=O)C2CC3=C4CC(=O)OC(C5=CC(O)OC5=O)C4(C)CCC3C1(C)C2=O. The Hall–Kier alpha value is -3.01. The second kappa shape index (κ2) is 9.01. The molecule has 10 heteroatoms. The number of ether oxygens (including phenoxy) is 4. The number of carbonyl (C=O) groups is 5. The van der Waals surface area contributed by atoms with Gasteiger partial charge in [-0.15, -0.1) is 0 Å². The molecule has 0 amide bonds. The molecule has 3 fully saturated rings. The van der Waals surface area contributed by atoms with Gasteiger partial charge in [0.15, 0.2) is 0 Å². The minimum Gasteiger partial charge on any atom is -0.469 e. The average Bonchev–Trinajstić information content (AvgIpc) is 3.19. The molecule has 10 nitrogen and oxygen atoms in total. The highest BCUT2D eigenvalue weighted by atomic mass is 16.6. The molecule has 2 bridgehead atoms. The molecule has 8 atom stereocenters. The molecule has 1 saturated heterocycles. The van der Waals surface area contributed by atoms with E-state index in [-0.39, 0.29) is 30.1 Å². The number of fused-ring (bicyclic) bond motifs is 5. The van der Waals surface area contributed by atoms with E-state index in [9.17, 15) is 29.1 Å². The number of hydrogen-bond donors (Lipinski definition) is 1. The zero-order valence-corrected chi connectivity index (χ0v) is 23.2. The van der Waals surface area contributed by atoms with Crippen molar-refractivity contribution in [3.63, 3.8) is 0 Å². The van der Waals surface area contributed by atoms with Gasteiger partial charge in [-0.1, -0.05) is 33.3 Å². The molecule has 1 N–H and O–H groups in total. The van der Waals surface area contributed by atoms with Crippen LogP contribution in [0.1, 0.15) is 66.7 Å². The van der Waals surface area contributed by atoms with Crippen molar-refractivity contribution in [2.24, 2.45) is 34.0 Å². The van der Waals surface area contributed by atoms with E-state index >= 15 is 0 Å². The Morgan fingerprint density at radius 3 is 2.41 bits per heavy atom. The zero-order valence-electron chi connectivity index (χ0n) is 23.2. The lowest BCUT2D eigenvalue weighted by Gasteiger charge is -2.63. The first kappa shape index (κ1) is 27.6. The highest BCUT2D eigenvalue weighted by Crippen LogP contribution is 2.67. The number of aliphatic hydroxyl groups is 1. The van der Waals surface area contributed by atoms with Crippen molar-refractivity contribution in [2.45, 2.75) is 85.2 Å². The molecule has 0 aromatic heterocycles. The van der Waals surface area contributed by atoms with E-state index in [1.165, 1.54) is 20.1 Å². The Labute approximate surface area is 227 Å². The van der Waals surface area contributed by atoms with Crippen LogP contribution in [0.5, 0.6) is 0 Å². The second-order valence-corrected chi connectivity index (χ2v) is 12.6. The minimum absolute atomic E-state index is 0.00397. The Morgan fingerprint density at radius 1 is 1.13 bits per heavy atom. The number of methoxy groups -OCH3 is 1. The monoisotopic (exact) mass is 544 g/mol. The van der Waals surface area contributed by atoms with E-state index in [4.69, 9.17) is 18.9 Å². The van der Waals surface area contributed by atoms with E-state index in [0.29, 0.717) is 19.3 Å².